The van der Waals surface area contributed by atoms with E-state index in [1.165, 1.54) is 37.7 Å². The summed E-state index contributed by atoms with van der Waals surface area (Å²) in [5.41, 5.74) is 1.38. The lowest BCUT2D eigenvalue weighted by Crippen LogP contribution is -2.18. The molecule has 0 fully saturated rings. The third-order valence-electron chi connectivity index (χ3n) is 4.12. The summed E-state index contributed by atoms with van der Waals surface area (Å²) in [6.45, 7) is 11.1. The Kier molecular flexibility index (Phi) is 7.86. The van der Waals surface area contributed by atoms with Crippen LogP contribution in [0.4, 0.5) is 0 Å². The summed E-state index contributed by atoms with van der Waals surface area (Å²) in [6, 6.07) is 11.9. The van der Waals surface area contributed by atoms with Crippen LogP contribution in [0.5, 0.6) is 0 Å². The third-order valence-corrected chi connectivity index (χ3v) is 4.12. The van der Waals surface area contributed by atoms with Crippen molar-refractivity contribution in [3.05, 3.63) is 42.8 Å². The predicted molar refractivity (Wildman–Crippen MR) is 85.1 cm³/mol. The summed E-state index contributed by atoms with van der Waals surface area (Å²) in [6.07, 6.45) is 7.76. The standard InChI is InChI=1S/C19H30/c1-5-7-8-10-13-17(6-2)19(16(3)4)18-14-11-9-12-15-18/h9,11-12,14,16-17,19H,2,5-8,10,13H2,1,3-4H3. The van der Waals surface area contributed by atoms with E-state index in [0.29, 0.717) is 17.8 Å². The van der Waals surface area contributed by atoms with Crippen molar-refractivity contribution in [3.63, 3.8) is 0 Å². The van der Waals surface area contributed by atoms with Crippen molar-refractivity contribution < 1.29 is 0 Å². The van der Waals surface area contributed by atoms with Crippen LogP contribution >= 0.6 is 0 Å². The average Bonchev–Trinajstić information content (AvgIpc) is 2.42. The van der Waals surface area contributed by atoms with Gasteiger partial charge in [-0.2, -0.15) is 0 Å². The Balaban J connectivity index is 2.67. The highest BCUT2D eigenvalue weighted by Gasteiger charge is 2.24. The lowest BCUT2D eigenvalue weighted by Gasteiger charge is -2.30. The second-order valence-electron chi connectivity index (χ2n) is 5.99. The largest absolute Gasteiger partial charge is 0.0654 e. The van der Waals surface area contributed by atoms with Crippen LogP contribution in [0.2, 0.25) is 0 Å². The van der Waals surface area contributed by atoms with Gasteiger partial charge in [0.25, 0.3) is 0 Å². The fraction of sp³-hybridized carbons (Fsp3) is 0.632. The Morgan fingerprint density at radius 2 is 1.95 bits per heavy atom. The fourth-order valence-corrected chi connectivity index (χ4v) is 3.11. The van der Waals surface area contributed by atoms with Gasteiger partial charge >= 0.3 is 0 Å². The summed E-state index contributed by atoms with van der Waals surface area (Å²) in [5, 5.41) is 0. The molecule has 1 rings (SSSR count). The highest BCUT2D eigenvalue weighted by atomic mass is 14.3. The van der Waals surface area contributed by atoms with E-state index in [1.54, 1.807) is 0 Å². The quantitative estimate of drug-likeness (QED) is 0.474. The maximum Gasteiger partial charge on any atom is -0.0104 e. The van der Waals surface area contributed by atoms with Crippen molar-refractivity contribution in [1.82, 2.24) is 0 Å². The van der Waals surface area contributed by atoms with Crippen molar-refractivity contribution in [2.45, 2.75) is 65.2 Å². The van der Waals surface area contributed by atoms with Crippen LogP contribution in [-0.4, -0.2) is 0 Å². The molecule has 2 radical (unpaired) electrons. The van der Waals surface area contributed by atoms with Gasteiger partial charge in [-0.15, -0.1) is 0 Å². The molecule has 0 saturated heterocycles. The molecule has 0 heteroatoms. The zero-order valence-electron chi connectivity index (χ0n) is 13.0. The van der Waals surface area contributed by atoms with E-state index >= 15 is 0 Å². The van der Waals surface area contributed by atoms with E-state index in [-0.39, 0.29) is 0 Å². The number of hydrogen-bond acceptors (Lipinski definition) is 0. The number of rotatable bonds is 9. The molecule has 2 unspecified atom stereocenters. The summed E-state index contributed by atoms with van der Waals surface area (Å²) in [7, 11) is 0. The van der Waals surface area contributed by atoms with Crippen LogP contribution in [-0.2, 0) is 0 Å². The third kappa shape index (κ3) is 5.38. The van der Waals surface area contributed by atoms with Gasteiger partial charge in [0.15, 0.2) is 0 Å². The topological polar surface area (TPSA) is 0 Å². The van der Waals surface area contributed by atoms with Crippen molar-refractivity contribution >= 4 is 0 Å². The van der Waals surface area contributed by atoms with E-state index in [4.69, 9.17) is 0 Å². The minimum Gasteiger partial charge on any atom is -0.0654 e. The first-order valence-corrected chi connectivity index (χ1v) is 7.96. The van der Waals surface area contributed by atoms with Crippen LogP contribution in [0.25, 0.3) is 0 Å². The molecule has 0 aliphatic heterocycles. The van der Waals surface area contributed by atoms with E-state index in [1.807, 2.05) is 6.07 Å². The molecule has 0 amide bonds. The second kappa shape index (κ2) is 9.18. The van der Waals surface area contributed by atoms with Gasteiger partial charge in [0.05, 0.1) is 0 Å². The van der Waals surface area contributed by atoms with Gasteiger partial charge in [-0.1, -0.05) is 77.6 Å². The van der Waals surface area contributed by atoms with Crippen LogP contribution in [0.3, 0.4) is 0 Å². The molecule has 19 heavy (non-hydrogen) atoms. The Morgan fingerprint density at radius 1 is 1.16 bits per heavy atom. The first-order chi connectivity index (χ1) is 9.20. The SMILES string of the molecule is [CH2]CC(CCCCCC)C(c1[c]cccc1)C(C)C. The fourth-order valence-electron chi connectivity index (χ4n) is 3.11. The van der Waals surface area contributed by atoms with Gasteiger partial charge in [0, 0.05) is 0 Å². The Bertz CT molecular complexity index is 312. The monoisotopic (exact) mass is 258 g/mol. The summed E-state index contributed by atoms with van der Waals surface area (Å²) in [4.78, 5) is 0. The molecule has 0 aliphatic carbocycles. The zero-order valence-corrected chi connectivity index (χ0v) is 13.0. The smallest absolute Gasteiger partial charge is 0.0104 e. The van der Waals surface area contributed by atoms with E-state index < -0.39 is 0 Å². The number of benzene rings is 1. The van der Waals surface area contributed by atoms with E-state index in [9.17, 15) is 0 Å². The number of unbranched alkanes of at least 4 members (excludes halogenated alkanes) is 3. The molecule has 1 aromatic carbocycles. The van der Waals surface area contributed by atoms with Crippen molar-refractivity contribution in [1.29, 1.82) is 0 Å². The van der Waals surface area contributed by atoms with Gasteiger partial charge in [-0.25, -0.2) is 0 Å². The Morgan fingerprint density at radius 3 is 2.47 bits per heavy atom. The normalized spacial score (nSPS) is 14.6. The minimum absolute atomic E-state index is 0.611. The molecule has 0 saturated carbocycles. The highest BCUT2D eigenvalue weighted by molar-refractivity contribution is 5.19. The minimum atomic E-state index is 0.611. The first-order valence-electron chi connectivity index (χ1n) is 7.96. The molecule has 0 nitrogen and oxygen atoms in total. The molecule has 0 bridgehead atoms. The maximum absolute atomic E-state index is 4.20. The molecular weight excluding hydrogens is 228 g/mol. The zero-order chi connectivity index (χ0) is 14.1. The highest BCUT2D eigenvalue weighted by Crippen LogP contribution is 2.36. The van der Waals surface area contributed by atoms with Gasteiger partial charge in [0.1, 0.15) is 0 Å². The Hall–Kier alpha value is -0.780. The average molecular weight is 258 g/mol. The first kappa shape index (κ1) is 16.3. The molecule has 0 aromatic heterocycles. The van der Waals surface area contributed by atoms with Crippen LogP contribution in [0.1, 0.15) is 70.8 Å². The molecule has 2 atom stereocenters. The van der Waals surface area contributed by atoms with Crippen LogP contribution < -0.4 is 0 Å². The summed E-state index contributed by atoms with van der Waals surface area (Å²) < 4.78 is 0. The lowest BCUT2D eigenvalue weighted by atomic mass is 9.75. The molecule has 0 heterocycles. The molecule has 0 aliphatic rings. The van der Waals surface area contributed by atoms with Gasteiger partial charge in [-0.05, 0) is 42.2 Å². The van der Waals surface area contributed by atoms with E-state index in [2.05, 4.69) is 52.0 Å². The summed E-state index contributed by atoms with van der Waals surface area (Å²) >= 11 is 0. The molecule has 0 spiro atoms. The predicted octanol–water partition coefficient (Wildman–Crippen LogP) is 6.04. The van der Waals surface area contributed by atoms with Crippen LogP contribution in [0.15, 0.2) is 24.3 Å². The molecule has 106 valence electrons. The Labute approximate surface area is 120 Å². The molecule has 0 N–H and O–H groups in total. The molecular formula is C19H30. The molecule has 1 aromatic rings. The lowest BCUT2D eigenvalue weighted by molar-refractivity contribution is 0.314. The van der Waals surface area contributed by atoms with Gasteiger partial charge in [-0.3, -0.25) is 0 Å². The van der Waals surface area contributed by atoms with E-state index in [0.717, 1.165) is 6.42 Å². The van der Waals surface area contributed by atoms with Crippen LogP contribution in [0, 0.1) is 24.8 Å². The maximum atomic E-state index is 4.20. The number of hydrogen-bond donors (Lipinski definition) is 0. The van der Waals surface area contributed by atoms with Crippen molar-refractivity contribution in [2.75, 3.05) is 0 Å². The van der Waals surface area contributed by atoms with Crippen molar-refractivity contribution in [3.8, 4) is 0 Å². The van der Waals surface area contributed by atoms with Gasteiger partial charge < -0.3 is 0 Å². The summed E-state index contributed by atoms with van der Waals surface area (Å²) in [5.74, 6) is 1.98. The van der Waals surface area contributed by atoms with Crippen molar-refractivity contribution in [2.24, 2.45) is 11.8 Å². The second-order valence-corrected chi connectivity index (χ2v) is 5.99. The van der Waals surface area contributed by atoms with Gasteiger partial charge in [0.2, 0.25) is 0 Å².